The summed E-state index contributed by atoms with van der Waals surface area (Å²) in [6.45, 7) is 6.37. The van der Waals surface area contributed by atoms with Crippen LogP contribution in [0.15, 0.2) is 58.4 Å². The topological polar surface area (TPSA) is 26.3 Å². The largest absolute Gasteiger partial charge is 0.501 e. The van der Waals surface area contributed by atoms with E-state index in [4.69, 9.17) is 4.74 Å². The third kappa shape index (κ3) is 1.92. The van der Waals surface area contributed by atoms with Crippen LogP contribution in [-0.2, 0) is 9.53 Å². The van der Waals surface area contributed by atoms with Crippen LogP contribution in [0.25, 0.3) is 0 Å². The quantitative estimate of drug-likeness (QED) is 0.710. The summed E-state index contributed by atoms with van der Waals surface area (Å²) >= 11 is 0. The minimum Gasteiger partial charge on any atom is -0.501 e. The van der Waals surface area contributed by atoms with Crippen LogP contribution in [0.2, 0.25) is 0 Å². The molecule has 0 heterocycles. The molecule has 0 N–H and O–H groups in total. The van der Waals surface area contributed by atoms with Crippen LogP contribution in [0, 0.1) is 16.7 Å². The monoisotopic (exact) mass is 322 g/mol. The molecular formula is C22H26O2. The number of rotatable bonds is 2. The average Bonchev–Trinajstić information content (AvgIpc) is 2.91. The molecule has 3 atom stereocenters. The van der Waals surface area contributed by atoms with Gasteiger partial charge in [-0.05, 0) is 60.3 Å². The van der Waals surface area contributed by atoms with Gasteiger partial charge in [-0.25, -0.2) is 0 Å². The number of Topliss-reactive ketones (excluding diaryl/α,β-unsaturated/α-hetero) is 1. The van der Waals surface area contributed by atoms with Crippen molar-refractivity contribution in [2.75, 3.05) is 7.11 Å². The Balaban J connectivity index is 1.77. The lowest BCUT2D eigenvalue weighted by atomic mass is 9.53. The van der Waals surface area contributed by atoms with Gasteiger partial charge in [0.25, 0.3) is 0 Å². The van der Waals surface area contributed by atoms with Gasteiger partial charge in [0.15, 0.2) is 5.78 Å². The molecule has 0 aromatic heterocycles. The first-order chi connectivity index (χ1) is 11.4. The molecule has 2 nitrogen and oxygen atoms in total. The Morgan fingerprint density at radius 1 is 1.17 bits per heavy atom. The van der Waals surface area contributed by atoms with Gasteiger partial charge in [0.1, 0.15) is 0 Å². The molecule has 0 aliphatic heterocycles. The third-order valence-corrected chi connectivity index (χ3v) is 6.94. The molecule has 0 aromatic rings. The van der Waals surface area contributed by atoms with Gasteiger partial charge in [-0.2, -0.15) is 0 Å². The van der Waals surface area contributed by atoms with Gasteiger partial charge >= 0.3 is 0 Å². The summed E-state index contributed by atoms with van der Waals surface area (Å²) in [6, 6.07) is 0. The van der Waals surface area contributed by atoms with E-state index in [0.29, 0.717) is 5.92 Å². The lowest BCUT2D eigenvalue weighted by molar-refractivity contribution is -0.114. The highest BCUT2D eigenvalue weighted by Crippen LogP contribution is 2.61. The number of carbonyl (C=O) groups excluding carboxylic acids is 1. The maximum Gasteiger partial charge on any atom is 0.156 e. The number of allylic oxidation sites excluding steroid dienone is 10. The smallest absolute Gasteiger partial charge is 0.156 e. The van der Waals surface area contributed by atoms with Crippen molar-refractivity contribution in [2.45, 2.75) is 46.5 Å². The second-order valence-electron chi connectivity index (χ2n) is 8.12. The maximum atomic E-state index is 12.1. The van der Waals surface area contributed by atoms with Gasteiger partial charge in [-0.1, -0.05) is 38.2 Å². The van der Waals surface area contributed by atoms with Gasteiger partial charge in [0, 0.05) is 17.4 Å². The fourth-order valence-electron chi connectivity index (χ4n) is 5.41. The highest BCUT2D eigenvalue weighted by atomic mass is 16.5. The van der Waals surface area contributed by atoms with Gasteiger partial charge in [-0.15, -0.1) is 0 Å². The van der Waals surface area contributed by atoms with Crippen molar-refractivity contribution in [1.82, 2.24) is 0 Å². The average molecular weight is 322 g/mol. The summed E-state index contributed by atoms with van der Waals surface area (Å²) in [4.78, 5) is 12.1. The Labute approximate surface area is 144 Å². The van der Waals surface area contributed by atoms with Crippen molar-refractivity contribution in [2.24, 2.45) is 16.7 Å². The number of fused-ring (bicyclic) bond motifs is 5. The van der Waals surface area contributed by atoms with E-state index < -0.39 is 0 Å². The lowest BCUT2D eigenvalue weighted by Crippen LogP contribution is -2.41. The zero-order chi connectivity index (χ0) is 17.1. The summed E-state index contributed by atoms with van der Waals surface area (Å²) in [6.07, 6.45) is 15.5. The Morgan fingerprint density at radius 3 is 2.67 bits per heavy atom. The molecule has 4 aliphatic carbocycles. The standard InChI is InChI=1S/C22H26O2/c1-14(23)18-7-8-19-17-6-5-15-13-16(24-4)9-11-21(15,2)20(17)10-12-22(18,19)3/h5-8,13,20H,9-12H2,1-4H3/t20-,21-,22+/m0/s1. The molecular weight excluding hydrogens is 296 g/mol. The van der Waals surface area contributed by atoms with Crippen molar-refractivity contribution in [3.63, 3.8) is 0 Å². The lowest BCUT2D eigenvalue weighted by Gasteiger charge is -2.51. The van der Waals surface area contributed by atoms with Gasteiger partial charge in [0.2, 0.25) is 0 Å². The number of carbonyl (C=O) groups is 1. The highest BCUT2D eigenvalue weighted by Gasteiger charge is 2.51. The first kappa shape index (κ1) is 15.7. The first-order valence-corrected chi connectivity index (χ1v) is 9.01. The predicted octanol–water partition coefficient (Wildman–Crippen LogP) is 5.05. The minimum absolute atomic E-state index is 0.0853. The normalized spacial score (nSPS) is 37.0. The maximum absolute atomic E-state index is 12.1. The van der Waals surface area contributed by atoms with Crippen LogP contribution in [0.1, 0.15) is 46.5 Å². The molecule has 0 unspecified atom stereocenters. The molecule has 1 saturated carbocycles. The number of hydrogen-bond acceptors (Lipinski definition) is 2. The number of ketones is 1. The SMILES string of the molecule is COC1=CC2=CC=C3C4=CC=C(C(C)=O)[C@@]4(C)CC[C@@H]3[C@@]2(C)CC1. The van der Waals surface area contributed by atoms with Crippen LogP contribution in [0.4, 0.5) is 0 Å². The number of ether oxygens (including phenoxy) is 1. The molecule has 4 aliphatic rings. The molecule has 4 rings (SSSR count). The van der Waals surface area contributed by atoms with E-state index in [1.165, 1.54) is 16.7 Å². The molecule has 2 heteroatoms. The molecule has 1 fully saturated rings. The zero-order valence-corrected chi connectivity index (χ0v) is 15.1. The van der Waals surface area contributed by atoms with E-state index in [0.717, 1.165) is 37.0 Å². The molecule has 126 valence electrons. The number of methoxy groups -OCH3 is 1. The van der Waals surface area contributed by atoms with Crippen LogP contribution in [0.5, 0.6) is 0 Å². The van der Waals surface area contributed by atoms with E-state index in [9.17, 15) is 4.79 Å². The Morgan fingerprint density at radius 2 is 1.96 bits per heavy atom. The predicted molar refractivity (Wildman–Crippen MR) is 96.3 cm³/mol. The minimum atomic E-state index is -0.0853. The van der Waals surface area contributed by atoms with Crippen molar-refractivity contribution in [3.05, 3.63) is 58.4 Å². The van der Waals surface area contributed by atoms with Gasteiger partial charge in [-0.3, -0.25) is 4.79 Å². The van der Waals surface area contributed by atoms with E-state index in [1.807, 2.05) is 0 Å². The summed E-state index contributed by atoms with van der Waals surface area (Å²) in [5.41, 5.74) is 5.33. The van der Waals surface area contributed by atoms with Crippen LogP contribution < -0.4 is 0 Å². The van der Waals surface area contributed by atoms with E-state index >= 15 is 0 Å². The fourth-order valence-corrected chi connectivity index (χ4v) is 5.41. The Hall–Kier alpha value is -1.83. The van der Waals surface area contributed by atoms with Crippen LogP contribution >= 0.6 is 0 Å². The van der Waals surface area contributed by atoms with E-state index in [-0.39, 0.29) is 16.6 Å². The Bertz CT molecular complexity index is 774. The van der Waals surface area contributed by atoms with Crippen molar-refractivity contribution >= 4 is 5.78 Å². The van der Waals surface area contributed by atoms with Crippen molar-refractivity contribution < 1.29 is 9.53 Å². The molecule has 0 spiro atoms. The summed E-state index contributed by atoms with van der Waals surface area (Å²) in [7, 11) is 1.77. The van der Waals surface area contributed by atoms with Crippen LogP contribution in [0.3, 0.4) is 0 Å². The van der Waals surface area contributed by atoms with Gasteiger partial charge < -0.3 is 4.74 Å². The van der Waals surface area contributed by atoms with E-state index in [1.54, 1.807) is 14.0 Å². The van der Waals surface area contributed by atoms with Crippen LogP contribution in [-0.4, -0.2) is 12.9 Å². The summed E-state index contributed by atoms with van der Waals surface area (Å²) in [5.74, 6) is 1.86. The highest BCUT2D eigenvalue weighted by molar-refractivity contribution is 5.97. The molecule has 0 amide bonds. The molecule has 0 bridgehead atoms. The van der Waals surface area contributed by atoms with Crippen molar-refractivity contribution in [1.29, 1.82) is 0 Å². The molecule has 24 heavy (non-hydrogen) atoms. The second-order valence-corrected chi connectivity index (χ2v) is 8.12. The molecule has 0 aromatic carbocycles. The summed E-state index contributed by atoms with van der Waals surface area (Å²) in [5, 5.41) is 0. The van der Waals surface area contributed by atoms with Gasteiger partial charge in [0.05, 0.1) is 12.9 Å². The number of hydrogen-bond donors (Lipinski definition) is 0. The molecule has 0 radical (unpaired) electrons. The molecule has 0 saturated heterocycles. The summed E-state index contributed by atoms with van der Waals surface area (Å²) < 4.78 is 5.49. The van der Waals surface area contributed by atoms with Crippen molar-refractivity contribution in [3.8, 4) is 0 Å². The second kappa shape index (κ2) is 5.08. The third-order valence-electron chi connectivity index (χ3n) is 6.94. The van der Waals surface area contributed by atoms with E-state index in [2.05, 4.69) is 44.2 Å². The first-order valence-electron chi connectivity index (χ1n) is 9.01. The Kier molecular flexibility index (Phi) is 3.32. The fraction of sp³-hybridized carbons (Fsp3) is 0.500. The zero-order valence-electron chi connectivity index (χ0n) is 15.1.